The van der Waals surface area contributed by atoms with Crippen molar-refractivity contribution >= 4 is 5.82 Å². The molecule has 0 saturated heterocycles. The second-order valence-corrected chi connectivity index (χ2v) is 4.25. The number of aromatic amines is 1. The molecule has 17 heavy (non-hydrogen) atoms. The molecular weight excluding hydrogens is 214 g/mol. The minimum atomic E-state index is -0.408. The van der Waals surface area contributed by atoms with Crippen molar-refractivity contribution in [2.45, 2.75) is 20.8 Å². The fourth-order valence-electron chi connectivity index (χ4n) is 1.95. The highest BCUT2D eigenvalue weighted by Crippen LogP contribution is 2.29. The van der Waals surface area contributed by atoms with Crippen molar-refractivity contribution in [3.05, 3.63) is 45.5 Å². The molecule has 1 heterocycles. The number of anilines is 1. The fourth-order valence-corrected chi connectivity index (χ4v) is 1.95. The van der Waals surface area contributed by atoms with E-state index in [-0.39, 0.29) is 5.82 Å². The molecule has 2 aromatic rings. The van der Waals surface area contributed by atoms with E-state index in [4.69, 9.17) is 5.73 Å². The molecule has 0 saturated carbocycles. The van der Waals surface area contributed by atoms with Gasteiger partial charge in [0, 0.05) is 11.3 Å². The molecule has 0 aliphatic rings. The van der Waals surface area contributed by atoms with Crippen LogP contribution < -0.4 is 11.4 Å². The van der Waals surface area contributed by atoms with Gasteiger partial charge in [0.15, 0.2) is 0 Å². The first-order valence-corrected chi connectivity index (χ1v) is 5.43. The zero-order valence-electron chi connectivity index (χ0n) is 10.2. The molecule has 0 spiro atoms. The van der Waals surface area contributed by atoms with Gasteiger partial charge in [0.05, 0.1) is 0 Å². The molecule has 2 rings (SSSR count). The Labute approximate surface area is 99.5 Å². The zero-order chi connectivity index (χ0) is 12.6. The maximum atomic E-state index is 11.2. The third-order valence-corrected chi connectivity index (χ3v) is 2.81. The van der Waals surface area contributed by atoms with E-state index >= 15 is 0 Å². The first kappa shape index (κ1) is 11.4. The molecule has 88 valence electrons. The SMILES string of the molecule is Cc1ccc(C)c(-c2c(N)nc(=O)[nH]c2C)c1. The number of H-pyrrole nitrogens is 1. The summed E-state index contributed by atoms with van der Waals surface area (Å²) in [5.41, 5.74) is 10.3. The number of aromatic nitrogens is 2. The van der Waals surface area contributed by atoms with E-state index in [1.54, 1.807) is 0 Å². The van der Waals surface area contributed by atoms with Crippen molar-refractivity contribution in [1.29, 1.82) is 0 Å². The van der Waals surface area contributed by atoms with Crippen LogP contribution in [0.25, 0.3) is 11.1 Å². The molecule has 0 unspecified atom stereocenters. The average Bonchev–Trinajstić information content (AvgIpc) is 2.21. The number of hydrogen-bond donors (Lipinski definition) is 2. The van der Waals surface area contributed by atoms with Crippen LogP contribution in [0.5, 0.6) is 0 Å². The molecule has 0 fully saturated rings. The summed E-state index contributed by atoms with van der Waals surface area (Å²) in [6.07, 6.45) is 0. The van der Waals surface area contributed by atoms with Crippen molar-refractivity contribution in [1.82, 2.24) is 9.97 Å². The lowest BCUT2D eigenvalue weighted by Gasteiger charge is -2.11. The molecule has 1 aromatic heterocycles. The first-order chi connectivity index (χ1) is 7.99. The van der Waals surface area contributed by atoms with Crippen molar-refractivity contribution < 1.29 is 0 Å². The molecule has 4 heteroatoms. The highest BCUT2D eigenvalue weighted by Gasteiger charge is 2.11. The van der Waals surface area contributed by atoms with Crippen molar-refractivity contribution in [2.75, 3.05) is 5.73 Å². The molecule has 0 aliphatic carbocycles. The third kappa shape index (κ3) is 2.06. The van der Waals surface area contributed by atoms with Gasteiger partial charge < -0.3 is 10.7 Å². The largest absolute Gasteiger partial charge is 0.383 e. The Morgan fingerprint density at radius 1 is 1.24 bits per heavy atom. The lowest BCUT2D eigenvalue weighted by atomic mass is 9.98. The van der Waals surface area contributed by atoms with Gasteiger partial charge in [0.1, 0.15) is 5.82 Å². The molecule has 3 N–H and O–H groups in total. The van der Waals surface area contributed by atoms with Crippen LogP contribution in [0.3, 0.4) is 0 Å². The summed E-state index contributed by atoms with van der Waals surface area (Å²) in [4.78, 5) is 17.6. The maximum absolute atomic E-state index is 11.2. The summed E-state index contributed by atoms with van der Waals surface area (Å²) >= 11 is 0. The molecule has 0 bridgehead atoms. The fraction of sp³-hybridized carbons (Fsp3) is 0.231. The minimum absolute atomic E-state index is 0.278. The van der Waals surface area contributed by atoms with Gasteiger partial charge in [-0.2, -0.15) is 4.98 Å². The van der Waals surface area contributed by atoms with Crippen molar-refractivity contribution in [2.24, 2.45) is 0 Å². The number of benzene rings is 1. The maximum Gasteiger partial charge on any atom is 0.347 e. The van der Waals surface area contributed by atoms with Crippen LogP contribution in [-0.2, 0) is 0 Å². The molecule has 0 radical (unpaired) electrons. The van der Waals surface area contributed by atoms with Crippen LogP contribution in [0.1, 0.15) is 16.8 Å². The monoisotopic (exact) mass is 229 g/mol. The predicted octanol–water partition coefficient (Wildman–Crippen LogP) is 1.94. The summed E-state index contributed by atoms with van der Waals surface area (Å²) in [5, 5.41) is 0. The molecule has 0 atom stereocenters. The van der Waals surface area contributed by atoms with Crippen LogP contribution in [0, 0.1) is 20.8 Å². The topological polar surface area (TPSA) is 71.8 Å². The smallest absolute Gasteiger partial charge is 0.347 e. The summed E-state index contributed by atoms with van der Waals surface area (Å²) in [6.45, 7) is 5.86. The van der Waals surface area contributed by atoms with E-state index < -0.39 is 5.69 Å². The zero-order valence-corrected chi connectivity index (χ0v) is 10.2. The predicted molar refractivity (Wildman–Crippen MR) is 68.9 cm³/mol. The van der Waals surface area contributed by atoms with Crippen molar-refractivity contribution in [3.63, 3.8) is 0 Å². The lowest BCUT2D eigenvalue weighted by Crippen LogP contribution is -2.15. The molecular formula is C13H15N3O. The van der Waals surface area contributed by atoms with Gasteiger partial charge in [-0.05, 0) is 31.9 Å². The Balaban J connectivity index is 2.77. The van der Waals surface area contributed by atoms with Crippen LogP contribution in [-0.4, -0.2) is 9.97 Å². The second-order valence-electron chi connectivity index (χ2n) is 4.25. The second kappa shape index (κ2) is 4.05. The van der Waals surface area contributed by atoms with E-state index in [9.17, 15) is 4.79 Å². The van der Waals surface area contributed by atoms with Crippen LogP contribution in [0.4, 0.5) is 5.82 Å². The Kier molecular flexibility index (Phi) is 2.71. The van der Waals surface area contributed by atoms with Crippen molar-refractivity contribution in [3.8, 4) is 11.1 Å². The van der Waals surface area contributed by atoms with Gasteiger partial charge >= 0.3 is 5.69 Å². The number of rotatable bonds is 1. The van der Waals surface area contributed by atoms with Gasteiger partial charge in [-0.15, -0.1) is 0 Å². The van der Waals surface area contributed by atoms with Gasteiger partial charge in [-0.25, -0.2) is 4.79 Å². The number of hydrogen-bond acceptors (Lipinski definition) is 3. The number of nitrogens with one attached hydrogen (secondary N) is 1. The van der Waals surface area contributed by atoms with E-state index in [0.29, 0.717) is 0 Å². The summed E-state index contributed by atoms with van der Waals surface area (Å²) in [5.74, 6) is 0.278. The van der Waals surface area contributed by atoms with Gasteiger partial charge in [-0.1, -0.05) is 23.8 Å². The highest BCUT2D eigenvalue weighted by atomic mass is 16.1. The van der Waals surface area contributed by atoms with Crippen LogP contribution in [0.15, 0.2) is 23.0 Å². The summed E-state index contributed by atoms with van der Waals surface area (Å²) in [6, 6.07) is 6.13. The Morgan fingerprint density at radius 3 is 2.59 bits per heavy atom. The number of nitrogens with two attached hydrogens (primary N) is 1. The summed E-state index contributed by atoms with van der Waals surface area (Å²) < 4.78 is 0. The third-order valence-electron chi connectivity index (χ3n) is 2.81. The van der Waals surface area contributed by atoms with Gasteiger partial charge in [-0.3, -0.25) is 0 Å². The highest BCUT2D eigenvalue weighted by molar-refractivity contribution is 5.78. The number of nitrogens with zero attached hydrogens (tertiary/aromatic N) is 1. The van der Waals surface area contributed by atoms with E-state index in [0.717, 1.165) is 27.9 Å². The van der Waals surface area contributed by atoms with Gasteiger partial charge in [0.2, 0.25) is 0 Å². The van der Waals surface area contributed by atoms with E-state index in [1.165, 1.54) is 0 Å². The first-order valence-electron chi connectivity index (χ1n) is 5.43. The molecule has 0 amide bonds. The van der Waals surface area contributed by atoms with Crippen LogP contribution >= 0.6 is 0 Å². The van der Waals surface area contributed by atoms with Crippen LogP contribution in [0.2, 0.25) is 0 Å². The number of aryl methyl sites for hydroxylation is 3. The van der Waals surface area contributed by atoms with E-state index in [1.807, 2.05) is 39.0 Å². The standard InChI is InChI=1S/C13H15N3O/c1-7-4-5-8(2)10(6-7)11-9(3)15-13(17)16-12(11)14/h4-6H,1-3H3,(H3,14,15,16,17). The normalized spacial score (nSPS) is 10.5. The molecule has 1 aromatic carbocycles. The lowest BCUT2D eigenvalue weighted by molar-refractivity contribution is 1.04. The molecule has 0 aliphatic heterocycles. The Bertz CT molecular complexity index is 603. The quantitative estimate of drug-likeness (QED) is 0.785. The van der Waals surface area contributed by atoms with Gasteiger partial charge in [0.25, 0.3) is 0 Å². The number of nitrogen functional groups attached to an aromatic ring is 1. The summed E-state index contributed by atoms with van der Waals surface area (Å²) in [7, 11) is 0. The van der Waals surface area contributed by atoms with E-state index in [2.05, 4.69) is 9.97 Å². The Morgan fingerprint density at radius 2 is 1.94 bits per heavy atom. The average molecular weight is 229 g/mol. The Hall–Kier alpha value is -2.10. The minimum Gasteiger partial charge on any atom is -0.383 e. The molecule has 4 nitrogen and oxygen atoms in total.